The summed E-state index contributed by atoms with van der Waals surface area (Å²) in [4.78, 5) is 24.3. The molecule has 0 fully saturated rings. The fourth-order valence-electron chi connectivity index (χ4n) is 5.06. The van der Waals surface area contributed by atoms with Crippen LogP contribution in [0.1, 0.15) is 11.1 Å². The van der Waals surface area contributed by atoms with E-state index in [1.807, 2.05) is 67.8 Å². The molecule has 2 aromatic heterocycles. The smallest absolute Gasteiger partial charge is 0.491 e. The Kier molecular flexibility index (Phi) is 17.1. The Morgan fingerprint density at radius 1 is 0.797 bits per heavy atom. The van der Waals surface area contributed by atoms with Gasteiger partial charge < -0.3 is 40.0 Å². The van der Waals surface area contributed by atoms with Gasteiger partial charge in [-0.05, 0) is 81.7 Å². The monoisotopic (exact) mass is 860 g/mol. The fourth-order valence-corrected chi connectivity index (χ4v) is 5.44. The molecule has 6 aromatic rings. The molecule has 16 heteroatoms. The van der Waals surface area contributed by atoms with Crippen molar-refractivity contribution in [3.05, 3.63) is 137 Å². The standard InChI is InChI=1S/C20H19N3O3.C19H16BrNO3.C4H7BN2O2/c1-23-13-15(12-21-23)16-5-3-4-6-17(16)22-20(25)10-8-14-7-9-18(24)19(11-14)26-2;1-3-12-24-17-10-8-14(13-18(17)23-2)9-11-19(22)21-16-7-5-4-6-15(16)20;1-7-3-4(2-6-7)5(8)9/h3-13,24H,1-2H3,(H,22,25);1,4-11,13H,12H2,2H3,(H,21,22);2-3,8-9H,1H3/b10-8+;11-9+;. The molecule has 59 heavy (non-hydrogen) atoms. The number of aromatic nitrogens is 4. The van der Waals surface area contributed by atoms with Crippen LogP contribution in [0.15, 0.2) is 126 Å². The SMILES string of the molecule is C#CCOc1ccc(/C=C/C(=O)Nc2ccccc2Br)cc1OC.COc1cc(/C=C/C(=O)Nc2ccccc2-c2cnn(C)c2)ccc1O.Cn1cc(B(O)O)cn1. The predicted molar refractivity (Wildman–Crippen MR) is 233 cm³/mol. The summed E-state index contributed by atoms with van der Waals surface area (Å²) in [6, 6.07) is 25.2. The number of rotatable bonds is 12. The Balaban J connectivity index is 0.000000216. The zero-order valence-electron chi connectivity index (χ0n) is 32.6. The highest BCUT2D eigenvalue weighted by Crippen LogP contribution is 2.30. The first-order valence-electron chi connectivity index (χ1n) is 17.7. The van der Waals surface area contributed by atoms with Crippen LogP contribution in [0, 0.1) is 12.3 Å². The van der Waals surface area contributed by atoms with Crippen LogP contribution in [-0.2, 0) is 23.7 Å². The number of nitrogens with one attached hydrogen (secondary N) is 2. The van der Waals surface area contributed by atoms with Gasteiger partial charge in [-0.2, -0.15) is 10.2 Å². The predicted octanol–water partition coefficient (Wildman–Crippen LogP) is 5.67. The number of nitrogens with zero attached hydrogens (tertiary/aromatic N) is 4. The van der Waals surface area contributed by atoms with E-state index in [0.717, 1.165) is 26.7 Å². The number of phenols is 1. The minimum absolute atomic E-state index is 0.0551. The van der Waals surface area contributed by atoms with Gasteiger partial charge in [-0.1, -0.05) is 48.4 Å². The molecule has 14 nitrogen and oxygen atoms in total. The Bertz CT molecular complexity index is 2440. The van der Waals surface area contributed by atoms with E-state index in [2.05, 4.69) is 42.7 Å². The van der Waals surface area contributed by atoms with E-state index in [0.29, 0.717) is 34.1 Å². The maximum Gasteiger partial charge on any atom is 0.491 e. The third-order valence-electron chi connectivity index (χ3n) is 7.91. The van der Waals surface area contributed by atoms with E-state index in [-0.39, 0.29) is 24.2 Å². The second-order valence-electron chi connectivity index (χ2n) is 12.2. The molecule has 0 saturated carbocycles. The molecule has 2 heterocycles. The molecule has 0 atom stereocenters. The van der Waals surface area contributed by atoms with Gasteiger partial charge in [0.05, 0.1) is 26.1 Å². The second kappa shape index (κ2) is 22.6. The van der Waals surface area contributed by atoms with Gasteiger partial charge >= 0.3 is 7.12 Å². The van der Waals surface area contributed by atoms with Crippen molar-refractivity contribution in [3.63, 3.8) is 0 Å². The van der Waals surface area contributed by atoms with E-state index in [1.54, 1.807) is 67.7 Å². The molecule has 0 aliphatic heterocycles. The van der Waals surface area contributed by atoms with Crippen molar-refractivity contribution in [2.24, 2.45) is 14.1 Å². The van der Waals surface area contributed by atoms with E-state index < -0.39 is 7.12 Å². The quantitative estimate of drug-likeness (QED) is 0.0584. The van der Waals surface area contributed by atoms with Crippen LogP contribution >= 0.6 is 15.9 Å². The highest BCUT2D eigenvalue weighted by Gasteiger charge is 2.12. The van der Waals surface area contributed by atoms with Gasteiger partial charge in [-0.15, -0.1) is 6.42 Å². The van der Waals surface area contributed by atoms with Crippen molar-refractivity contribution >= 4 is 63.9 Å². The highest BCUT2D eigenvalue weighted by atomic mass is 79.9. The molecule has 0 saturated heterocycles. The van der Waals surface area contributed by atoms with Gasteiger partial charge in [-0.25, -0.2) is 0 Å². The minimum Gasteiger partial charge on any atom is -0.504 e. The van der Waals surface area contributed by atoms with E-state index in [1.165, 1.54) is 36.2 Å². The summed E-state index contributed by atoms with van der Waals surface area (Å²) in [5, 5.41) is 40.3. The van der Waals surface area contributed by atoms with Crippen LogP contribution < -0.4 is 30.3 Å². The molecule has 0 unspecified atom stereocenters. The van der Waals surface area contributed by atoms with Gasteiger partial charge in [0.1, 0.15) is 6.61 Å². The number of benzene rings is 4. The van der Waals surface area contributed by atoms with Crippen LogP contribution in [-0.4, -0.2) is 74.5 Å². The zero-order chi connectivity index (χ0) is 42.7. The summed E-state index contributed by atoms with van der Waals surface area (Å²) in [6.45, 7) is 0.167. The number of aromatic hydroxyl groups is 1. The highest BCUT2D eigenvalue weighted by molar-refractivity contribution is 9.10. The summed E-state index contributed by atoms with van der Waals surface area (Å²) < 4.78 is 19.8. The van der Waals surface area contributed by atoms with Gasteiger partial charge in [-0.3, -0.25) is 19.0 Å². The molecular weight excluding hydrogens is 819 g/mol. The van der Waals surface area contributed by atoms with Crippen LogP contribution in [0.4, 0.5) is 11.4 Å². The molecular formula is C43H42BBrN6O8. The number of carbonyl (C=O) groups excluding carboxylic acids is 2. The van der Waals surface area contributed by atoms with Gasteiger partial charge in [0.25, 0.3) is 0 Å². The van der Waals surface area contributed by atoms with Crippen molar-refractivity contribution in [1.82, 2.24) is 19.6 Å². The summed E-state index contributed by atoms with van der Waals surface area (Å²) in [5.41, 5.74) is 5.21. The lowest BCUT2D eigenvalue weighted by atomic mass is 9.83. The Morgan fingerprint density at radius 3 is 1.93 bits per heavy atom. The van der Waals surface area contributed by atoms with Gasteiger partial charge in [0.15, 0.2) is 23.0 Å². The molecule has 302 valence electrons. The van der Waals surface area contributed by atoms with Crippen molar-refractivity contribution < 1.29 is 39.0 Å². The first-order chi connectivity index (χ1) is 28.4. The number of anilines is 2. The lowest BCUT2D eigenvalue weighted by Crippen LogP contribution is -2.28. The van der Waals surface area contributed by atoms with Crippen LogP contribution in [0.3, 0.4) is 0 Å². The number of amides is 2. The summed E-state index contributed by atoms with van der Waals surface area (Å²) in [5.74, 6) is 3.44. The Labute approximate surface area is 350 Å². The number of hydrogen-bond donors (Lipinski definition) is 5. The number of methoxy groups -OCH3 is 2. The molecule has 4 aromatic carbocycles. The zero-order valence-corrected chi connectivity index (χ0v) is 34.2. The third kappa shape index (κ3) is 14.1. The molecule has 0 spiro atoms. The maximum atomic E-state index is 12.3. The number of para-hydroxylation sites is 2. The number of aryl methyl sites for hydroxylation is 2. The average molecular weight is 862 g/mol. The Hall–Kier alpha value is -7.06. The molecule has 0 bridgehead atoms. The van der Waals surface area contributed by atoms with Gasteiger partial charge in [0.2, 0.25) is 11.8 Å². The van der Waals surface area contributed by atoms with Crippen molar-refractivity contribution in [2.75, 3.05) is 31.5 Å². The topological polar surface area (TPSA) is 182 Å². The summed E-state index contributed by atoms with van der Waals surface area (Å²) in [6.07, 6.45) is 18.0. The lowest BCUT2D eigenvalue weighted by Gasteiger charge is -2.09. The lowest BCUT2D eigenvalue weighted by molar-refractivity contribution is -0.112. The number of ether oxygens (including phenoxy) is 3. The molecule has 6 rings (SSSR count). The fraction of sp³-hybridized carbons (Fsp3) is 0.116. The summed E-state index contributed by atoms with van der Waals surface area (Å²) in [7, 11) is 5.18. The summed E-state index contributed by atoms with van der Waals surface area (Å²) >= 11 is 3.38. The van der Waals surface area contributed by atoms with Gasteiger partial charge in [0, 0.05) is 71.6 Å². The normalized spacial score (nSPS) is 10.4. The van der Waals surface area contributed by atoms with E-state index >= 15 is 0 Å². The second-order valence-corrected chi connectivity index (χ2v) is 13.1. The Morgan fingerprint density at radius 2 is 1.37 bits per heavy atom. The minimum atomic E-state index is -1.40. The number of hydrogen-bond acceptors (Lipinski definition) is 10. The maximum absolute atomic E-state index is 12.3. The first kappa shape index (κ1) is 44.7. The average Bonchev–Trinajstić information content (AvgIpc) is 3.88. The van der Waals surface area contributed by atoms with Crippen LogP contribution in [0.2, 0.25) is 0 Å². The molecule has 0 aliphatic carbocycles. The number of phenolic OH excluding ortho intramolecular Hbond substituents is 1. The van der Waals surface area contributed by atoms with Crippen molar-refractivity contribution in [1.29, 1.82) is 0 Å². The van der Waals surface area contributed by atoms with Crippen molar-refractivity contribution in [2.45, 2.75) is 0 Å². The van der Waals surface area contributed by atoms with Crippen molar-refractivity contribution in [3.8, 4) is 46.5 Å². The van der Waals surface area contributed by atoms with E-state index in [4.69, 9.17) is 30.7 Å². The molecule has 5 N–H and O–H groups in total. The third-order valence-corrected chi connectivity index (χ3v) is 8.60. The van der Waals surface area contributed by atoms with Crippen LogP contribution in [0.5, 0.6) is 23.0 Å². The van der Waals surface area contributed by atoms with Crippen LogP contribution in [0.25, 0.3) is 23.3 Å². The first-order valence-corrected chi connectivity index (χ1v) is 18.5. The number of carbonyl (C=O) groups is 2. The molecule has 2 amide bonds. The largest absolute Gasteiger partial charge is 0.504 e. The molecule has 0 aliphatic rings. The molecule has 0 radical (unpaired) electrons. The number of halogens is 1. The van der Waals surface area contributed by atoms with E-state index in [9.17, 15) is 14.7 Å². The number of terminal acetylenes is 1.